The van der Waals surface area contributed by atoms with Crippen molar-refractivity contribution in [3.63, 3.8) is 0 Å². The van der Waals surface area contributed by atoms with E-state index in [0.717, 1.165) is 25.4 Å². The number of likely N-dealkylation sites (N-methyl/N-ethyl adjacent to an activating group) is 1. The molecule has 0 aromatic heterocycles. The van der Waals surface area contributed by atoms with Gasteiger partial charge in [-0.15, -0.1) is 0 Å². The Labute approximate surface area is 106 Å². The van der Waals surface area contributed by atoms with E-state index < -0.39 is 0 Å². The fourth-order valence-corrected chi connectivity index (χ4v) is 2.97. The average Bonchev–Trinajstić information content (AvgIpc) is 2.28. The zero-order chi connectivity index (χ0) is 12.7. The summed E-state index contributed by atoms with van der Waals surface area (Å²) in [6.07, 6.45) is 6.96. The zero-order valence-corrected chi connectivity index (χ0v) is 11.6. The lowest BCUT2D eigenvalue weighted by atomic mass is 9.75. The Bertz CT molecular complexity index is 257. The molecule has 1 saturated carbocycles. The second-order valence-corrected chi connectivity index (χ2v) is 5.76. The highest BCUT2D eigenvalue weighted by Gasteiger charge is 2.36. The molecule has 1 rings (SSSR count). The van der Waals surface area contributed by atoms with Crippen LogP contribution in [0.3, 0.4) is 0 Å². The Morgan fingerprint density at radius 3 is 2.82 bits per heavy atom. The van der Waals surface area contributed by atoms with E-state index in [-0.39, 0.29) is 0 Å². The monoisotopic (exact) mass is 237 g/mol. The maximum absolute atomic E-state index is 8.50. The second-order valence-electron chi connectivity index (χ2n) is 5.76. The first-order valence-corrected chi connectivity index (χ1v) is 6.86. The smallest absolute Gasteiger partial charge is 0.0622 e. The average molecular weight is 237 g/mol. The third kappa shape index (κ3) is 4.29. The highest BCUT2D eigenvalue weighted by molar-refractivity contribution is 4.94. The molecule has 98 valence electrons. The molecular formula is C14H27N3. The molecule has 0 saturated heterocycles. The first-order chi connectivity index (χ1) is 8.10. The molecule has 0 bridgehead atoms. The fraction of sp³-hybridized carbons (Fsp3) is 0.929. The standard InChI is InChI=1S/C14H27N3/c1-13-7-6-8-14(11-13,17(2)3)12-16-10-5-4-9-15/h13,16H,4-8,10-12H2,1-3H3. The molecule has 1 aliphatic rings. The molecule has 3 heteroatoms. The van der Waals surface area contributed by atoms with Crippen LogP contribution in [0.5, 0.6) is 0 Å². The van der Waals surface area contributed by atoms with Crippen LogP contribution < -0.4 is 5.32 Å². The van der Waals surface area contributed by atoms with Crippen molar-refractivity contribution in [2.24, 2.45) is 5.92 Å². The molecule has 0 amide bonds. The number of hydrogen-bond acceptors (Lipinski definition) is 3. The SMILES string of the molecule is CC1CCCC(CNCCCC#N)(N(C)C)C1. The summed E-state index contributed by atoms with van der Waals surface area (Å²) in [6.45, 7) is 4.40. The van der Waals surface area contributed by atoms with Crippen LogP contribution in [0.2, 0.25) is 0 Å². The summed E-state index contributed by atoms with van der Waals surface area (Å²) in [5, 5.41) is 12.0. The first-order valence-electron chi connectivity index (χ1n) is 6.86. The van der Waals surface area contributed by atoms with Gasteiger partial charge in [0.15, 0.2) is 0 Å². The molecule has 0 radical (unpaired) electrons. The molecule has 2 atom stereocenters. The van der Waals surface area contributed by atoms with Gasteiger partial charge in [-0.05, 0) is 45.8 Å². The highest BCUT2D eigenvalue weighted by atomic mass is 15.2. The van der Waals surface area contributed by atoms with Crippen molar-refractivity contribution in [1.82, 2.24) is 10.2 Å². The topological polar surface area (TPSA) is 39.1 Å². The minimum Gasteiger partial charge on any atom is -0.315 e. The summed E-state index contributed by atoms with van der Waals surface area (Å²) in [7, 11) is 4.41. The van der Waals surface area contributed by atoms with E-state index in [1.54, 1.807) is 0 Å². The summed E-state index contributed by atoms with van der Waals surface area (Å²) in [4.78, 5) is 2.40. The third-order valence-electron chi connectivity index (χ3n) is 4.11. The van der Waals surface area contributed by atoms with Crippen molar-refractivity contribution >= 4 is 0 Å². The lowest BCUT2D eigenvalue weighted by Crippen LogP contribution is -2.54. The molecule has 0 spiro atoms. The van der Waals surface area contributed by atoms with E-state index >= 15 is 0 Å². The molecule has 0 aromatic rings. The number of nitrogens with zero attached hydrogens (tertiary/aromatic N) is 2. The maximum Gasteiger partial charge on any atom is 0.0622 e. The van der Waals surface area contributed by atoms with Crippen molar-refractivity contribution < 1.29 is 0 Å². The van der Waals surface area contributed by atoms with E-state index in [0.29, 0.717) is 12.0 Å². The zero-order valence-electron chi connectivity index (χ0n) is 11.6. The molecule has 0 aromatic carbocycles. The van der Waals surface area contributed by atoms with Gasteiger partial charge in [-0.1, -0.05) is 19.8 Å². The van der Waals surface area contributed by atoms with E-state index in [9.17, 15) is 0 Å². The summed E-state index contributed by atoms with van der Waals surface area (Å²) in [5.41, 5.74) is 0.338. The number of hydrogen-bond donors (Lipinski definition) is 1. The van der Waals surface area contributed by atoms with Crippen LogP contribution in [0.25, 0.3) is 0 Å². The largest absolute Gasteiger partial charge is 0.315 e. The van der Waals surface area contributed by atoms with Gasteiger partial charge in [0.1, 0.15) is 0 Å². The van der Waals surface area contributed by atoms with Gasteiger partial charge in [0, 0.05) is 18.5 Å². The highest BCUT2D eigenvalue weighted by Crippen LogP contribution is 2.35. The van der Waals surface area contributed by atoms with Crippen LogP contribution in [0.4, 0.5) is 0 Å². The van der Waals surface area contributed by atoms with Crippen LogP contribution >= 0.6 is 0 Å². The molecule has 3 nitrogen and oxygen atoms in total. The predicted octanol–water partition coefficient (Wildman–Crippen LogP) is 2.39. The van der Waals surface area contributed by atoms with Crippen molar-refractivity contribution in [3.05, 3.63) is 0 Å². The van der Waals surface area contributed by atoms with Crippen LogP contribution in [0.1, 0.15) is 45.4 Å². The van der Waals surface area contributed by atoms with Gasteiger partial charge in [-0.3, -0.25) is 0 Å². The van der Waals surface area contributed by atoms with Crippen molar-refractivity contribution in [3.8, 4) is 6.07 Å². The molecule has 2 unspecified atom stereocenters. The molecular weight excluding hydrogens is 210 g/mol. The Hall–Kier alpha value is -0.590. The number of rotatable bonds is 6. The van der Waals surface area contributed by atoms with E-state index in [2.05, 4.69) is 37.3 Å². The van der Waals surface area contributed by atoms with Crippen LogP contribution in [-0.2, 0) is 0 Å². The molecule has 1 fully saturated rings. The Balaban J connectivity index is 2.40. The van der Waals surface area contributed by atoms with Gasteiger partial charge in [0.05, 0.1) is 6.07 Å². The minimum absolute atomic E-state index is 0.338. The molecule has 1 N–H and O–H groups in total. The first kappa shape index (κ1) is 14.5. The predicted molar refractivity (Wildman–Crippen MR) is 71.8 cm³/mol. The number of unbranched alkanes of at least 4 members (excludes halogenated alkanes) is 1. The van der Waals surface area contributed by atoms with Gasteiger partial charge < -0.3 is 10.2 Å². The van der Waals surface area contributed by atoms with Crippen molar-refractivity contribution in [2.45, 2.75) is 51.0 Å². The lowest BCUT2D eigenvalue weighted by molar-refractivity contribution is 0.0754. The Morgan fingerprint density at radius 2 is 2.24 bits per heavy atom. The van der Waals surface area contributed by atoms with Crippen LogP contribution in [-0.4, -0.2) is 37.6 Å². The summed E-state index contributed by atoms with van der Waals surface area (Å²) in [6, 6.07) is 2.20. The molecule has 0 aliphatic heterocycles. The van der Waals surface area contributed by atoms with Crippen molar-refractivity contribution in [1.29, 1.82) is 5.26 Å². The summed E-state index contributed by atoms with van der Waals surface area (Å²) >= 11 is 0. The third-order valence-corrected chi connectivity index (χ3v) is 4.11. The Kier molecular flexibility index (Phi) is 5.94. The Morgan fingerprint density at radius 1 is 1.47 bits per heavy atom. The number of nitriles is 1. The quantitative estimate of drug-likeness (QED) is 0.721. The second kappa shape index (κ2) is 6.98. The van der Waals surface area contributed by atoms with E-state index in [1.807, 2.05) is 0 Å². The van der Waals surface area contributed by atoms with Gasteiger partial charge in [-0.2, -0.15) is 5.26 Å². The normalized spacial score (nSPS) is 29.2. The van der Waals surface area contributed by atoms with Gasteiger partial charge in [0.25, 0.3) is 0 Å². The number of nitrogens with one attached hydrogen (secondary N) is 1. The molecule has 17 heavy (non-hydrogen) atoms. The van der Waals surface area contributed by atoms with Crippen LogP contribution in [0.15, 0.2) is 0 Å². The lowest BCUT2D eigenvalue weighted by Gasteiger charge is -2.45. The van der Waals surface area contributed by atoms with E-state index in [1.165, 1.54) is 25.7 Å². The van der Waals surface area contributed by atoms with Crippen LogP contribution in [0, 0.1) is 17.2 Å². The van der Waals surface area contributed by atoms with Gasteiger partial charge >= 0.3 is 0 Å². The van der Waals surface area contributed by atoms with E-state index in [4.69, 9.17) is 5.26 Å². The minimum atomic E-state index is 0.338. The maximum atomic E-state index is 8.50. The van der Waals surface area contributed by atoms with Gasteiger partial charge in [0.2, 0.25) is 0 Å². The summed E-state index contributed by atoms with van der Waals surface area (Å²) in [5.74, 6) is 0.840. The molecule has 0 heterocycles. The summed E-state index contributed by atoms with van der Waals surface area (Å²) < 4.78 is 0. The fourth-order valence-electron chi connectivity index (χ4n) is 2.97. The molecule has 1 aliphatic carbocycles. The van der Waals surface area contributed by atoms with Gasteiger partial charge in [-0.25, -0.2) is 0 Å². The van der Waals surface area contributed by atoms with Crippen molar-refractivity contribution in [2.75, 3.05) is 27.2 Å².